The molecule has 2 rings (SSSR count). The number of H-pyrrole nitrogens is 1. The highest BCUT2D eigenvalue weighted by atomic mass is 35.5. The van der Waals surface area contributed by atoms with Gasteiger partial charge in [0, 0.05) is 31.8 Å². The fourth-order valence-electron chi connectivity index (χ4n) is 1.99. The highest BCUT2D eigenvalue weighted by Gasteiger charge is 2.06. The number of aromatic nitrogens is 2. The molecule has 0 aliphatic heterocycles. The molecule has 104 valence electrons. The molecule has 19 heavy (non-hydrogen) atoms. The molecule has 0 unspecified atom stereocenters. The predicted molar refractivity (Wildman–Crippen MR) is 81.5 cm³/mol. The first-order valence-electron chi connectivity index (χ1n) is 6.17. The molecule has 0 atom stereocenters. The predicted octanol–water partition coefficient (Wildman–Crippen LogP) is 2.93. The second-order valence-corrected chi connectivity index (χ2v) is 5.36. The lowest BCUT2D eigenvalue weighted by atomic mass is 10.3. The molecular weight excluding hydrogens is 282 g/mol. The second kappa shape index (κ2) is 6.52. The van der Waals surface area contributed by atoms with Crippen LogP contribution in [0.1, 0.15) is 0 Å². The van der Waals surface area contributed by atoms with Crippen molar-refractivity contribution in [3.63, 3.8) is 0 Å². The number of imidazole rings is 1. The lowest BCUT2D eigenvalue weighted by Gasteiger charge is -2.16. The fraction of sp³-hybridized carbons (Fsp3) is 0.462. The molecule has 0 aliphatic carbocycles. The number of rotatable bonds is 6. The third-order valence-electron chi connectivity index (χ3n) is 3.12. The van der Waals surface area contributed by atoms with Gasteiger partial charge in [-0.2, -0.15) is 0 Å². The third kappa shape index (κ3) is 3.57. The van der Waals surface area contributed by atoms with Gasteiger partial charge in [0.1, 0.15) is 0 Å². The molecule has 2 aromatic rings. The Bertz CT molecular complexity index is 607. The zero-order chi connectivity index (χ0) is 13.8. The van der Waals surface area contributed by atoms with Gasteiger partial charge in [-0.1, -0.05) is 11.6 Å². The van der Waals surface area contributed by atoms with Gasteiger partial charge in [0.05, 0.1) is 17.6 Å². The maximum absolute atomic E-state index is 5.98. The van der Waals surface area contributed by atoms with Gasteiger partial charge in [0.25, 0.3) is 0 Å². The summed E-state index contributed by atoms with van der Waals surface area (Å²) >= 11 is 11.3. The van der Waals surface area contributed by atoms with E-state index >= 15 is 0 Å². The van der Waals surface area contributed by atoms with Gasteiger partial charge < -0.3 is 19.2 Å². The van der Waals surface area contributed by atoms with Crippen molar-refractivity contribution in [2.75, 3.05) is 33.9 Å². The van der Waals surface area contributed by atoms with E-state index in [1.165, 1.54) is 0 Å². The largest absolute Gasteiger partial charge is 0.383 e. The first-order chi connectivity index (χ1) is 9.11. The van der Waals surface area contributed by atoms with Crippen LogP contribution in [0.5, 0.6) is 0 Å². The Labute approximate surface area is 122 Å². The average molecular weight is 300 g/mol. The molecule has 0 spiro atoms. The van der Waals surface area contributed by atoms with Crippen molar-refractivity contribution >= 4 is 34.9 Å². The number of hydrogen-bond acceptors (Lipinski definition) is 3. The van der Waals surface area contributed by atoms with Crippen LogP contribution >= 0.6 is 23.8 Å². The average Bonchev–Trinajstić information content (AvgIpc) is 2.68. The Kier molecular flexibility index (Phi) is 4.99. The highest BCUT2D eigenvalue weighted by Crippen LogP contribution is 2.19. The van der Waals surface area contributed by atoms with E-state index in [-0.39, 0.29) is 0 Å². The Balaban J connectivity index is 2.12. The number of likely N-dealkylation sites (N-methyl/N-ethyl adjacent to an activating group) is 1. The summed E-state index contributed by atoms with van der Waals surface area (Å²) in [5.74, 6) is 0. The Morgan fingerprint density at radius 1 is 1.42 bits per heavy atom. The number of ether oxygens (including phenoxy) is 1. The molecule has 0 radical (unpaired) electrons. The number of methoxy groups -OCH3 is 1. The van der Waals surface area contributed by atoms with Gasteiger partial charge in [-0.15, -0.1) is 0 Å². The van der Waals surface area contributed by atoms with Crippen molar-refractivity contribution in [2.45, 2.75) is 6.54 Å². The standard InChI is InChI=1S/C13H18ClN3OS/c1-16(7-8-18-2)5-6-17-12-4-3-10(14)9-11(12)15-13(17)19/h3-4,9H,5-8H2,1-2H3,(H,15,19). The van der Waals surface area contributed by atoms with E-state index in [0.717, 1.165) is 42.0 Å². The second-order valence-electron chi connectivity index (χ2n) is 4.54. The zero-order valence-corrected chi connectivity index (χ0v) is 12.7. The summed E-state index contributed by atoms with van der Waals surface area (Å²) in [7, 11) is 3.79. The van der Waals surface area contributed by atoms with Crippen molar-refractivity contribution < 1.29 is 4.74 Å². The van der Waals surface area contributed by atoms with E-state index in [9.17, 15) is 0 Å². The topological polar surface area (TPSA) is 33.2 Å². The summed E-state index contributed by atoms with van der Waals surface area (Å²) < 4.78 is 7.90. The highest BCUT2D eigenvalue weighted by molar-refractivity contribution is 7.71. The molecule has 1 aromatic carbocycles. The summed E-state index contributed by atoms with van der Waals surface area (Å²) in [6.07, 6.45) is 0. The van der Waals surface area contributed by atoms with Crippen LogP contribution in [0.25, 0.3) is 11.0 Å². The summed E-state index contributed by atoms with van der Waals surface area (Å²) in [5, 5.41) is 0.716. The number of nitrogens with one attached hydrogen (secondary N) is 1. The number of fused-ring (bicyclic) bond motifs is 1. The van der Waals surface area contributed by atoms with Crippen LogP contribution in [-0.2, 0) is 11.3 Å². The minimum Gasteiger partial charge on any atom is -0.383 e. The normalized spacial score (nSPS) is 11.6. The Morgan fingerprint density at radius 2 is 2.21 bits per heavy atom. The lowest BCUT2D eigenvalue weighted by Crippen LogP contribution is -2.26. The molecule has 0 bridgehead atoms. The quantitative estimate of drug-likeness (QED) is 0.833. The lowest BCUT2D eigenvalue weighted by molar-refractivity contribution is 0.159. The Hall–Kier alpha value is -0.880. The van der Waals surface area contributed by atoms with E-state index in [4.69, 9.17) is 28.6 Å². The number of nitrogens with zero attached hydrogens (tertiary/aromatic N) is 2. The molecule has 0 fully saturated rings. The van der Waals surface area contributed by atoms with Gasteiger partial charge >= 0.3 is 0 Å². The van der Waals surface area contributed by atoms with E-state index in [1.54, 1.807) is 7.11 Å². The monoisotopic (exact) mass is 299 g/mol. The molecule has 0 saturated carbocycles. The maximum Gasteiger partial charge on any atom is 0.178 e. The van der Waals surface area contributed by atoms with Crippen LogP contribution in [0.4, 0.5) is 0 Å². The molecule has 0 aliphatic rings. The SMILES string of the molecule is COCCN(C)CCn1c(=S)[nH]c2cc(Cl)ccc21. The van der Waals surface area contributed by atoms with Crippen LogP contribution < -0.4 is 0 Å². The van der Waals surface area contributed by atoms with E-state index in [2.05, 4.69) is 21.5 Å². The molecule has 4 nitrogen and oxygen atoms in total. The molecule has 6 heteroatoms. The van der Waals surface area contributed by atoms with E-state index in [1.807, 2.05) is 18.2 Å². The van der Waals surface area contributed by atoms with Crippen molar-refractivity contribution in [2.24, 2.45) is 0 Å². The maximum atomic E-state index is 5.98. The summed E-state index contributed by atoms with van der Waals surface area (Å²) in [4.78, 5) is 5.41. The van der Waals surface area contributed by atoms with Gasteiger partial charge in [-0.3, -0.25) is 0 Å². The Morgan fingerprint density at radius 3 is 2.95 bits per heavy atom. The van der Waals surface area contributed by atoms with Crippen molar-refractivity contribution in [3.8, 4) is 0 Å². The molecule has 0 amide bonds. The smallest absolute Gasteiger partial charge is 0.178 e. The molecule has 1 N–H and O–H groups in total. The number of benzene rings is 1. The van der Waals surface area contributed by atoms with E-state index < -0.39 is 0 Å². The first-order valence-corrected chi connectivity index (χ1v) is 6.96. The van der Waals surface area contributed by atoms with E-state index in [0.29, 0.717) is 5.02 Å². The first kappa shape index (κ1) is 14.5. The van der Waals surface area contributed by atoms with Crippen molar-refractivity contribution in [1.29, 1.82) is 0 Å². The fourth-order valence-corrected chi connectivity index (χ4v) is 2.46. The number of hydrogen-bond donors (Lipinski definition) is 1. The minimum absolute atomic E-state index is 0.716. The summed E-state index contributed by atoms with van der Waals surface area (Å²) in [6, 6.07) is 5.79. The van der Waals surface area contributed by atoms with Crippen LogP contribution in [0, 0.1) is 4.77 Å². The van der Waals surface area contributed by atoms with Crippen LogP contribution in [0.15, 0.2) is 18.2 Å². The van der Waals surface area contributed by atoms with Gasteiger partial charge in [-0.05, 0) is 37.5 Å². The van der Waals surface area contributed by atoms with Gasteiger partial charge in [-0.25, -0.2) is 0 Å². The third-order valence-corrected chi connectivity index (χ3v) is 3.68. The molecule has 0 saturated heterocycles. The zero-order valence-electron chi connectivity index (χ0n) is 11.1. The summed E-state index contributed by atoms with van der Waals surface area (Å²) in [6.45, 7) is 3.43. The molecule has 1 aromatic heterocycles. The molecule has 1 heterocycles. The summed E-state index contributed by atoms with van der Waals surface area (Å²) in [5.41, 5.74) is 2.08. The van der Waals surface area contributed by atoms with Gasteiger partial charge in [0.2, 0.25) is 0 Å². The van der Waals surface area contributed by atoms with Crippen LogP contribution in [0.3, 0.4) is 0 Å². The number of aromatic amines is 1. The molecular formula is C13H18ClN3OS. The van der Waals surface area contributed by atoms with Crippen molar-refractivity contribution in [3.05, 3.63) is 28.0 Å². The van der Waals surface area contributed by atoms with Crippen LogP contribution in [-0.4, -0.2) is 48.3 Å². The van der Waals surface area contributed by atoms with Crippen LogP contribution in [0.2, 0.25) is 5.02 Å². The van der Waals surface area contributed by atoms with Crippen molar-refractivity contribution in [1.82, 2.24) is 14.5 Å². The van der Waals surface area contributed by atoms with Gasteiger partial charge in [0.15, 0.2) is 4.77 Å². The number of halogens is 1. The minimum atomic E-state index is 0.716.